The number of carbonyl (C=O) groups is 3. The molecule has 0 radical (unpaired) electrons. The van der Waals surface area contributed by atoms with Crippen molar-refractivity contribution in [1.29, 1.82) is 0 Å². The lowest BCUT2D eigenvalue weighted by molar-refractivity contribution is -0.123. The summed E-state index contributed by atoms with van der Waals surface area (Å²) in [6.45, 7) is 0.744. The highest BCUT2D eigenvalue weighted by Gasteiger charge is 2.64. The Labute approximate surface area is 167 Å². The van der Waals surface area contributed by atoms with Crippen LogP contribution in [-0.2, 0) is 9.59 Å². The minimum Gasteiger partial charge on any atom is -0.292 e. The van der Waals surface area contributed by atoms with E-state index >= 15 is 0 Å². The highest BCUT2D eigenvalue weighted by atomic mass is 35.5. The number of ketones is 1. The van der Waals surface area contributed by atoms with Crippen molar-refractivity contribution in [2.45, 2.75) is 24.9 Å². The van der Waals surface area contributed by atoms with E-state index in [1.54, 1.807) is 36.4 Å². The molecule has 3 fully saturated rings. The Morgan fingerprint density at radius 1 is 0.929 bits per heavy atom. The van der Waals surface area contributed by atoms with Gasteiger partial charge in [-0.3, -0.25) is 19.3 Å². The molecule has 0 unspecified atom stereocenters. The zero-order chi connectivity index (χ0) is 19.4. The van der Waals surface area contributed by atoms with Crippen molar-refractivity contribution < 1.29 is 14.4 Å². The molecule has 2 aromatic rings. The monoisotopic (exact) mass is 394 g/mol. The number of halogens is 1. The van der Waals surface area contributed by atoms with Gasteiger partial charge in [0.15, 0.2) is 5.78 Å². The quantitative estimate of drug-likeness (QED) is 0.592. The zero-order valence-electron chi connectivity index (χ0n) is 15.1. The van der Waals surface area contributed by atoms with Gasteiger partial charge in [-0.25, -0.2) is 4.90 Å². The second-order valence-electron chi connectivity index (χ2n) is 7.66. The van der Waals surface area contributed by atoms with Crippen LogP contribution in [0.1, 0.15) is 23.2 Å². The molecule has 0 aromatic heterocycles. The van der Waals surface area contributed by atoms with Gasteiger partial charge in [-0.1, -0.05) is 29.8 Å². The van der Waals surface area contributed by atoms with E-state index in [1.807, 2.05) is 18.2 Å². The Morgan fingerprint density at radius 3 is 2.32 bits per heavy atom. The van der Waals surface area contributed by atoms with Crippen LogP contribution in [0.3, 0.4) is 0 Å². The van der Waals surface area contributed by atoms with E-state index < -0.39 is 17.9 Å². The lowest BCUT2D eigenvalue weighted by Gasteiger charge is -2.27. The van der Waals surface area contributed by atoms with E-state index in [1.165, 1.54) is 4.90 Å². The number of para-hydroxylation sites is 1. The van der Waals surface area contributed by atoms with Crippen LogP contribution in [0.4, 0.5) is 5.69 Å². The van der Waals surface area contributed by atoms with Crippen molar-refractivity contribution in [2.75, 3.05) is 11.4 Å². The van der Waals surface area contributed by atoms with Gasteiger partial charge < -0.3 is 0 Å². The molecule has 3 aliphatic rings. The Kier molecular flexibility index (Phi) is 4.11. The molecule has 6 heteroatoms. The number of fused-ring (bicyclic) bond motifs is 3. The second-order valence-corrected chi connectivity index (χ2v) is 8.10. The van der Waals surface area contributed by atoms with Gasteiger partial charge in [-0.05, 0) is 55.8 Å². The molecule has 4 atom stereocenters. The average molecular weight is 395 g/mol. The fourth-order valence-corrected chi connectivity index (χ4v) is 5.26. The van der Waals surface area contributed by atoms with Crippen molar-refractivity contribution in [1.82, 2.24) is 4.90 Å². The van der Waals surface area contributed by atoms with Gasteiger partial charge in [-0.15, -0.1) is 0 Å². The lowest BCUT2D eigenvalue weighted by Crippen LogP contribution is -2.46. The third-order valence-corrected chi connectivity index (χ3v) is 6.52. The van der Waals surface area contributed by atoms with Gasteiger partial charge in [-0.2, -0.15) is 0 Å². The number of amides is 2. The first kappa shape index (κ1) is 17.6. The first-order valence-corrected chi connectivity index (χ1v) is 9.94. The van der Waals surface area contributed by atoms with Gasteiger partial charge >= 0.3 is 0 Å². The number of nitrogens with zero attached hydrogens (tertiary/aromatic N) is 2. The van der Waals surface area contributed by atoms with Crippen LogP contribution in [0, 0.1) is 11.8 Å². The van der Waals surface area contributed by atoms with E-state index in [0.29, 0.717) is 16.3 Å². The van der Waals surface area contributed by atoms with Gasteiger partial charge in [0.05, 0.1) is 23.6 Å². The minimum absolute atomic E-state index is 0.0450. The van der Waals surface area contributed by atoms with Crippen molar-refractivity contribution in [3.63, 3.8) is 0 Å². The fraction of sp³-hybridized carbons (Fsp3) is 0.318. The largest absolute Gasteiger partial charge is 0.292 e. The van der Waals surface area contributed by atoms with Crippen LogP contribution in [0.5, 0.6) is 0 Å². The SMILES string of the molecule is O=C(c1ccc(Cl)cc1)[C@@H]1[C@@H]2C(=O)N(c3ccccc3)C(=O)[C@H]2[C@@H]2CCCN12. The fourth-order valence-electron chi connectivity index (χ4n) is 5.13. The number of imide groups is 1. The molecular formula is C22H19ClN2O3. The highest BCUT2D eigenvalue weighted by Crippen LogP contribution is 2.48. The number of carbonyl (C=O) groups excluding carboxylic acids is 3. The van der Waals surface area contributed by atoms with Crippen LogP contribution >= 0.6 is 11.6 Å². The summed E-state index contributed by atoms with van der Waals surface area (Å²) in [5.41, 5.74) is 1.10. The summed E-state index contributed by atoms with van der Waals surface area (Å²) >= 11 is 5.96. The van der Waals surface area contributed by atoms with Crippen molar-refractivity contribution >= 4 is 34.9 Å². The van der Waals surface area contributed by atoms with Crippen LogP contribution in [-0.4, -0.2) is 41.1 Å². The molecule has 3 saturated heterocycles. The van der Waals surface area contributed by atoms with E-state index in [9.17, 15) is 14.4 Å². The topological polar surface area (TPSA) is 57.7 Å². The normalized spacial score (nSPS) is 29.2. The van der Waals surface area contributed by atoms with Crippen molar-refractivity contribution in [3.05, 3.63) is 65.2 Å². The maximum absolute atomic E-state index is 13.4. The molecular weight excluding hydrogens is 376 g/mol. The molecule has 2 amide bonds. The number of Topliss-reactive ketones (excluding diaryl/α,β-unsaturated/α-hetero) is 1. The Balaban J connectivity index is 1.55. The van der Waals surface area contributed by atoms with E-state index in [2.05, 4.69) is 4.90 Å². The van der Waals surface area contributed by atoms with Crippen LogP contribution < -0.4 is 4.90 Å². The molecule has 142 valence electrons. The smallest absolute Gasteiger partial charge is 0.239 e. The molecule has 3 aliphatic heterocycles. The molecule has 0 N–H and O–H groups in total. The van der Waals surface area contributed by atoms with Crippen LogP contribution in [0.15, 0.2) is 54.6 Å². The number of hydrogen-bond acceptors (Lipinski definition) is 4. The molecule has 0 bridgehead atoms. The molecule has 5 rings (SSSR count). The van der Waals surface area contributed by atoms with Crippen LogP contribution in [0.25, 0.3) is 0 Å². The molecule has 3 heterocycles. The van der Waals surface area contributed by atoms with Crippen molar-refractivity contribution in [2.24, 2.45) is 11.8 Å². The molecule has 28 heavy (non-hydrogen) atoms. The number of benzene rings is 2. The minimum atomic E-state index is -0.624. The molecule has 5 nitrogen and oxygen atoms in total. The summed E-state index contributed by atoms with van der Waals surface area (Å²) < 4.78 is 0. The Bertz CT molecular complexity index is 960. The first-order valence-electron chi connectivity index (χ1n) is 9.56. The molecule has 0 saturated carbocycles. The third-order valence-electron chi connectivity index (χ3n) is 6.26. The highest BCUT2D eigenvalue weighted by molar-refractivity contribution is 6.30. The second kappa shape index (κ2) is 6.54. The average Bonchev–Trinajstić information content (AvgIpc) is 3.35. The number of hydrogen-bond donors (Lipinski definition) is 0. The van der Waals surface area contributed by atoms with E-state index in [0.717, 1.165) is 19.4 Å². The van der Waals surface area contributed by atoms with Gasteiger partial charge in [0.1, 0.15) is 0 Å². The van der Waals surface area contributed by atoms with E-state index in [-0.39, 0.29) is 23.6 Å². The predicted octanol–water partition coefficient (Wildman–Crippen LogP) is 3.18. The summed E-state index contributed by atoms with van der Waals surface area (Å²) in [7, 11) is 0. The molecule has 2 aromatic carbocycles. The van der Waals surface area contributed by atoms with Gasteiger partial charge in [0.25, 0.3) is 0 Å². The third kappa shape index (κ3) is 2.46. The summed E-state index contributed by atoms with van der Waals surface area (Å²) in [4.78, 5) is 43.3. The zero-order valence-corrected chi connectivity index (χ0v) is 15.9. The first-order chi connectivity index (χ1) is 13.6. The molecule has 0 aliphatic carbocycles. The summed E-state index contributed by atoms with van der Waals surface area (Å²) in [5, 5.41) is 0.558. The standard InChI is InChI=1S/C22H19ClN2O3/c23-14-10-8-13(9-11-14)20(26)19-18-17(16-7-4-12-24(16)19)21(27)25(22(18)28)15-5-2-1-3-6-15/h1-3,5-6,8-11,16-19H,4,7,12H2/t16-,17-,18+,19-/m0/s1. The molecule has 0 spiro atoms. The maximum Gasteiger partial charge on any atom is 0.239 e. The van der Waals surface area contributed by atoms with Crippen LogP contribution in [0.2, 0.25) is 5.02 Å². The number of rotatable bonds is 3. The van der Waals surface area contributed by atoms with E-state index in [4.69, 9.17) is 11.6 Å². The predicted molar refractivity (Wildman–Crippen MR) is 105 cm³/mol. The lowest BCUT2D eigenvalue weighted by atomic mass is 9.85. The number of anilines is 1. The summed E-state index contributed by atoms with van der Waals surface area (Å²) in [6, 6.07) is 15.1. The summed E-state index contributed by atoms with van der Waals surface area (Å²) in [6.07, 6.45) is 1.78. The van der Waals surface area contributed by atoms with Crippen molar-refractivity contribution in [3.8, 4) is 0 Å². The Hall–Kier alpha value is -2.50. The maximum atomic E-state index is 13.4. The summed E-state index contributed by atoms with van der Waals surface area (Å²) in [5.74, 6) is -1.61. The Morgan fingerprint density at radius 2 is 1.61 bits per heavy atom. The van der Waals surface area contributed by atoms with Gasteiger partial charge in [0, 0.05) is 16.6 Å². The van der Waals surface area contributed by atoms with Gasteiger partial charge in [0.2, 0.25) is 11.8 Å².